The van der Waals surface area contributed by atoms with Crippen molar-refractivity contribution in [2.45, 2.75) is 31.7 Å². The zero-order valence-corrected chi connectivity index (χ0v) is 17.0. The van der Waals surface area contributed by atoms with E-state index in [2.05, 4.69) is 15.5 Å². The van der Waals surface area contributed by atoms with Crippen LogP contribution in [0.25, 0.3) is 0 Å². The number of amides is 1. The highest BCUT2D eigenvalue weighted by Gasteiger charge is 2.26. The third-order valence-electron chi connectivity index (χ3n) is 5.32. The number of nitrogens with one attached hydrogen (secondary N) is 2. The third-order valence-corrected chi connectivity index (χ3v) is 5.32. The van der Waals surface area contributed by atoms with Crippen LogP contribution in [-0.4, -0.2) is 42.5 Å². The summed E-state index contributed by atoms with van der Waals surface area (Å²) >= 11 is 0. The van der Waals surface area contributed by atoms with Crippen molar-refractivity contribution in [2.24, 2.45) is 0 Å². The van der Waals surface area contributed by atoms with Gasteiger partial charge >= 0.3 is 5.97 Å². The molecule has 2 fully saturated rings. The van der Waals surface area contributed by atoms with Gasteiger partial charge in [0.1, 0.15) is 5.69 Å². The molecule has 9 nitrogen and oxygen atoms in total. The van der Waals surface area contributed by atoms with Gasteiger partial charge in [0.05, 0.1) is 10.5 Å². The minimum Gasteiger partial charge on any atom is -0.452 e. The molecule has 2 aromatic carbocycles. The Morgan fingerprint density at radius 3 is 2.45 bits per heavy atom. The second kappa shape index (κ2) is 9.03. The first-order valence-corrected chi connectivity index (χ1v) is 10.4. The van der Waals surface area contributed by atoms with E-state index in [1.165, 1.54) is 31.0 Å². The zero-order valence-electron chi connectivity index (χ0n) is 17.0. The van der Waals surface area contributed by atoms with E-state index in [0.29, 0.717) is 11.4 Å². The van der Waals surface area contributed by atoms with Gasteiger partial charge in [-0.15, -0.1) is 0 Å². The highest BCUT2D eigenvalue weighted by molar-refractivity contribution is 5.96. The Morgan fingerprint density at radius 1 is 1.10 bits per heavy atom. The summed E-state index contributed by atoms with van der Waals surface area (Å²) in [6.07, 6.45) is 4.31. The van der Waals surface area contributed by atoms with Crippen molar-refractivity contribution < 1.29 is 19.2 Å². The standard InChI is InChI=1S/C22H24N4O5/c27-21(24-17-6-8-18(9-7-17)25-11-1-2-12-25)14-31-22(28)15-3-10-19(23-16-4-5-16)20(13-15)26(29)30/h3,6-10,13,16,23H,1-2,4-5,11-12,14H2,(H,24,27). The lowest BCUT2D eigenvalue weighted by molar-refractivity contribution is -0.384. The Bertz CT molecular complexity index is 982. The summed E-state index contributed by atoms with van der Waals surface area (Å²) in [5, 5.41) is 17.1. The number of ether oxygens (including phenoxy) is 1. The third kappa shape index (κ3) is 5.30. The van der Waals surface area contributed by atoms with E-state index in [1.807, 2.05) is 24.3 Å². The Kier molecular flexibility index (Phi) is 6.01. The molecule has 2 aromatic rings. The van der Waals surface area contributed by atoms with E-state index >= 15 is 0 Å². The van der Waals surface area contributed by atoms with Crippen molar-refractivity contribution in [3.05, 3.63) is 58.1 Å². The molecule has 1 heterocycles. The SMILES string of the molecule is O=C(COC(=O)c1ccc(NC2CC2)c([N+](=O)[O-])c1)Nc1ccc(N2CCCC2)cc1. The molecule has 1 saturated heterocycles. The van der Waals surface area contributed by atoms with Crippen molar-refractivity contribution in [3.63, 3.8) is 0 Å². The predicted molar refractivity (Wildman–Crippen MR) is 117 cm³/mol. The number of carbonyl (C=O) groups is 2. The summed E-state index contributed by atoms with van der Waals surface area (Å²) in [4.78, 5) is 37.5. The topological polar surface area (TPSA) is 114 Å². The maximum Gasteiger partial charge on any atom is 0.338 e. The maximum atomic E-state index is 12.3. The van der Waals surface area contributed by atoms with Crippen LogP contribution in [0.1, 0.15) is 36.0 Å². The van der Waals surface area contributed by atoms with Crippen molar-refractivity contribution >= 4 is 34.6 Å². The molecule has 31 heavy (non-hydrogen) atoms. The molecule has 0 bridgehead atoms. The van der Waals surface area contributed by atoms with Crippen molar-refractivity contribution in [2.75, 3.05) is 35.2 Å². The lowest BCUT2D eigenvalue weighted by atomic mass is 10.1. The fraction of sp³-hybridized carbons (Fsp3) is 0.364. The van der Waals surface area contributed by atoms with E-state index in [-0.39, 0.29) is 17.3 Å². The molecule has 1 aliphatic carbocycles. The Hall–Kier alpha value is -3.62. The van der Waals surface area contributed by atoms with Gasteiger partial charge in [0.2, 0.25) is 0 Å². The van der Waals surface area contributed by atoms with Crippen LogP contribution in [0.4, 0.5) is 22.7 Å². The normalized spacial score (nSPS) is 15.4. The number of rotatable bonds is 8. The minimum absolute atomic E-state index is 0.0239. The average Bonchev–Trinajstić information content (AvgIpc) is 3.41. The van der Waals surface area contributed by atoms with Crippen LogP contribution >= 0.6 is 0 Å². The van der Waals surface area contributed by atoms with Gasteiger partial charge in [-0.25, -0.2) is 4.79 Å². The minimum atomic E-state index is -0.791. The highest BCUT2D eigenvalue weighted by Crippen LogP contribution is 2.31. The maximum absolute atomic E-state index is 12.3. The van der Waals surface area contributed by atoms with E-state index in [1.54, 1.807) is 0 Å². The van der Waals surface area contributed by atoms with Crippen LogP contribution < -0.4 is 15.5 Å². The summed E-state index contributed by atoms with van der Waals surface area (Å²) in [5.74, 6) is -1.27. The van der Waals surface area contributed by atoms with Gasteiger partial charge in [-0.3, -0.25) is 14.9 Å². The molecule has 0 spiro atoms. The molecule has 0 unspecified atom stereocenters. The molecular weight excluding hydrogens is 400 g/mol. The summed E-state index contributed by atoms with van der Waals surface area (Å²) < 4.78 is 5.03. The van der Waals surface area contributed by atoms with Gasteiger partial charge in [-0.1, -0.05) is 0 Å². The first-order valence-electron chi connectivity index (χ1n) is 10.4. The van der Waals surface area contributed by atoms with Crippen molar-refractivity contribution in [3.8, 4) is 0 Å². The number of nitro groups is 1. The number of benzene rings is 2. The van der Waals surface area contributed by atoms with Crippen LogP contribution in [0.3, 0.4) is 0 Å². The highest BCUT2D eigenvalue weighted by atomic mass is 16.6. The number of carbonyl (C=O) groups excluding carboxylic acids is 2. The number of hydrogen-bond donors (Lipinski definition) is 2. The average molecular weight is 424 g/mol. The zero-order chi connectivity index (χ0) is 21.8. The summed E-state index contributed by atoms with van der Waals surface area (Å²) in [7, 11) is 0. The quantitative estimate of drug-likeness (QED) is 0.378. The second-order valence-corrected chi connectivity index (χ2v) is 7.77. The number of hydrogen-bond acceptors (Lipinski definition) is 7. The number of nitro benzene ring substituents is 1. The molecule has 1 saturated carbocycles. The van der Waals surface area contributed by atoms with Gasteiger partial charge in [-0.2, -0.15) is 0 Å². The molecule has 2 N–H and O–H groups in total. The van der Waals surface area contributed by atoms with Crippen LogP contribution in [-0.2, 0) is 9.53 Å². The van der Waals surface area contributed by atoms with E-state index < -0.39 is 23.4 Å². The molecule has 2 aliphatic rings. The molecule has 0 atom stereocenters. The smallest absolute Gasteiger partial charge is 0.338 e. The molecular formula is C22H24N4O5. The summed E-state index contributed by atoms with van der Waals surface area (Å²) in [5.41, 5.74) is 1.93. The Labute approximate surface area is 179 Å². The van der Waals surface area contributed by atoms with Crippen LogP contribution in [0.5, 0.6) is 0 Å². The number of esters is 1. The van der Waals surface area contributed by atoms with E-state index in [0.717, 1.165) is 31.6 Å². The van der Waals surface area contributed by atoms with Gasteiger partial charge in [0, 0.05) is 36.6 Å². The Morgan fingerprint density at radius 2 is 1.81 bits per heavy atom. The van der Waals surface area contributed by atoms with Crippen molar-refractivity contribution in [1.29, 1.82) is 0 Å². The molecule has 162 valence electrons. The van der Waals surface area contributed by atoms with Gasteiger partial charge < -0.3 is 20.3 Å². The molecule has 0 radical (unpaired) electrons. The molecule has 1 amide bonds. The van der Waals surface area contributed by atoms with Gasteiger partial charge in [-0.05, 0) is 62.1 Å². The molecule has 9 heteroatoms. The molecule has 1 aliphatic heterocycles. The lowest BCUT2D eigenvalue weighted by Crippen LogP contribution is -2.21. The van der Waals surface area contributed by atoms with Gasteiger partial charge in [0.25, 0.3) is 11.6 Å². The predicted octanol–water partition coefficient (Wildman–Crippen LogP) is 3.56. The van der Waals surface area contributed by atoms with Gasteiger partial charge in [0.15, 0.2) is 6.61 Å². The fourth-order valence-corrected chi connectivity index (χ4v) is 3.52. The number of nitrogens with zero attached hydrogens (tertiary/aromatic N) is 2. The van der Waals surface area contributed by atoms with Crippen molar-refractivity contribution in [1.82, 2.24) is 0 Å². The molecule has 4 rings (SSSR count). The second-order valence-electron chi connectivity index (χ2n) is 7.77. The molecule has 0 aromatic heterocycles. The monoisotopic (exact) mass is 424 g/mol. The fourth-order valence-electron chi connectivity index (χ4n) is 3.52. The Balaban J connectivity index is 1.31. The van der Waals surface area contributed by atoms with E-state index in [9.17, 15) is 19.7 Å². The van der Waals surface area contributed by atoms with E-state index in [4.69, 9.17) is 4.74 Å². The number of anilines is 3. The summed E-state index contributed by atoms with van der Waals surface area (Å²) in [6.45, 7) is 1.59. The van der Waals surface area contributed by atoms with Crippen LogP contribution in [0.2, 0.25) is 0 Å². The first kappa shape index (κ1) is 20.6. The largest absolute Gasteiger partial charge is 0.452 e. The summed E-state index contributed by atoms with van der Waals surface area (Å²) in [6, 6.07) is 11.9. The first-order chi connectivity index (χ1) is 15.0. The van der Waals surface area contributed by atoms with Crippen LogP contribution in [0, 0.1) is 10.1 Å². The van der Waals surface area contributed by atoms with Crippen LogP contribution in [0.15, 0.2) is 42.5 Å². The lowest BCUT2D eigenvalue weighted by Gasteiger charge is -2.17.